The highest BCUT2D eigenvalue weighted by atomic mass is 16.5. The van der Waals surface area contributed by atoms with Crippen molar-refractivity contribution in [1.29, 1.82) is 0 Å². The fourth-order valence-electron chi connectivity index (χ4n) is 3.52. The van der Waals surface area contributed by atoms with Crippen LogP contribution in [0.3, 0.4) is 0 Å². The molecule has 1 unspecified atom stereocenters. The van der Waals surface area contributed by atoms with Gasteiger partial charge in [0.15, 0.2) is 0 Å². The Morgan fingerprint density at radius 3 is 2.63 bits per heavy atom. The van der Waals surface area contributed by atoms with Crippen LogP contribution in [0.1, 0.15) is 24.5 Å². The van der Waals surface area contributed by atoms with Crippen molar-refractivity contribution in [2.45, 2.75) is 26.8 Å². The molecule has 0 N–H and O–H groups in total. The van der Waals surface area contributed by atoms with Gasteiger partial charge < -0.3 is 14.5 Å². The van der Waals surface area contributed by atoms with Gasteiger partial charge in [0.25, 0.3) is 0 Å². The number of anilines is 1. The molecular formula is C22H26N2O3. The van der Waals surface area contributed by atoms with Crippen LogP contribution in [0.25, 0.3) is 0 Å². The fraction of sp³-hybridized carbons (Fsp3) is 0.364. The van der Waals surface area contributed by atoms with Crippen molar-refractivity contribution in [2.75, 3.05) is 25.1 Å². The third kappa shape index (κ3) is 4.13. The number of hydrogen-bond acceptors (Lipinski definition) is 3. The Balaban J connectivity index is 1.76. The van der Waals surface area contributed by atoms with E-state index in [-0.39, 0.29) is 24.2 Å². The fourth-order valence-corrected chi connectivity index (χ4v) is 3.52. The minimum atomic E-state index is -0.327. The van der Waals surface area contributed by atoms with Crippen molar-refractivity contribution in [3.05, 3.63) is 59.7 Å². The molecule has 0 saturated carbocycles. The van der Waals surface area contributed by atoms with Crippen molar-refractivity contribution in [3.8, 4) is 5.75 Å². The third-order valence-corrected chi connectivity index (χ3v) is 5.01. The number of rotatable bonds is 6. The molecule has 2 aromatic rings. The first-order chi connectivity index (χ1) is 13.0. The Kier molecular flexibility index (Phi) is 5.79. The number of methoxy groups -OCH3 is 1. The molecule has 1 fully saturated rings. The van der Waals surface area contributed by atoms with Crippen molar-refractivity contribution in [1.82, 2.24) is 4.90 Å². The van der Waals surface area contributed by atoms with Gasteiger partial charge in [-0.1, -0.05) is 36.4 Å². The Morgan fingerprint density at radius 1 is 1.22 bits per heavy atom. The third-order valence-electron chi connectivity index (χ3n) is 5.01. The van der Waals surface area contributed by atoms with E-state index in [2.05, 4.69) is 0 Å². The van der Waals surface area contributed by atoms with Gasteiger partial charge in [-0.05, 0) is 37.1 Å². The highest BCUT2D eigenvalue weighted by Gasteiger charge is 2.38. The zero-order chi connectivity index (χ0) is 19.4. The van der Waals surface area contributed by atoms with E-state index < -0.39 is 0 Å². The molecule has 5 heteroatoms. The molecule has 5 nitrogen and oxygen atoms in total. The minimum Gasteiger partial charge on any atom is -0.495 e. The summed E-state index contributed by atoms with van der Waals surface area (Å²) in [6, 6.07) is 15.7. The molecule has 2 amide bonds. The smallest absolute Gasteiger partial charge is 0.228 e. The van der Waals surface area contributed by atoms with Gasteiger partial charge in [0.05, 0.1) is 18.7 Å². The van der Waals surface area contributed by atoms with Crippen LogP contribution >= 0.6 is 0 Å². The lowest BCUT2D eigenvalue weighted by Gasteiger charge is -2.25. The van der Waals surface area contributed by atoms with Crippen molar-refractivity contribution < 1.29 is 14.3 Å². The Labute approximate surface area is 160 Å². The van der Waals surface area contributed by atoms with Gasteiger partial charge in [0, 0.05) is 26.1 Å². The van der Waals surface area contributed by atoms with Gasteiger partial charge in [0.1, 0.15) is 5.75 Å². The second-order valence-corrected chi connectivity index (χ2v) is 6.92. The second-order valence-electron chi connectivity index (χ2n) is 6.92. The monoisotopic (exact) mass is 366 g/mol. The summed E-state index contributed by atoms with van der Waals surface area (Å²) in [5.74, 6) is 0.321. The van der Waals surface area contributed by atoms with Gasteiger partial charge in [-0.3, -0.25) is 9.59 Å². The lowest BCUT2D eigenvalue weighted by molar-refractivity contribution is -0.136. The summed E-state index contributed by atoms with van der Waals surface area (Å²) in [4.78, 5) is 29.2. The topological polar surface area (TPSA) is 49.9 Å². The molecule has 27 heavy (non-hydrogen) atoms. The number of amides is 2. The van der Waals surface area contributed by atoms with Crippen LogP contribution < -0.4 is 9.64 Å². The van der Waals surface area contributed by atoms with Gasteiger partial charge >= 0.3 is 0 Å². The van der Waals surface area contributed by atoms with Crippen LogP contribution in [0.4, 0.5) is 5.69 Å². The van der Waals surface area contributed by atoms with E-state index in [1.165, 1.54) is 0 Å². The molecule has 0 aliphatic carbocycles. The molecule has 142 valence electrons. The maximum Gasteiger partial charge on any atom is 0.228 e. The SMILES string of the molecule is CCN(Cc1ccccc1)C(=O)C1CC(=O)N(c2cc(C)ccc2OC)C1. The van der Waals surface area contributed by atoms with E-state index in [1.807, 2.05) is 67.3 Å². The van der Waals surface area contributed by atoms with E-state index in [1.54, 1.807) is 12.0 Å². The first-order valence-corrected chi connectivity index (χ1v) is 9.31. The van der Waals surface area contributed by atoms with Crippen molar-refractivity contribution >= 4 is 17.5 Å². The van der Waals surface area contributed by atoms with Crippen LogP contribution in [0.2, 0.25) is 0 Å². The molecule has 2 aromatic carbocycles. The lowest BCUT2D eigenvalue weighted by Crippen LogP contribution is -2.37. The number of nitrogens with zero attached hydrogens (tertiary/aromatic N) is 2. The van der Waals surface area contributed by atoms with Crippen LogP contribution in [-0.2, 0) is 16.1 Å². The number of carbonyl (C=O) groups excluding carboxylic acids is 2. The lowest BCUT2D eigenvalue weighted by atomic mass is 10.1. The van der Waals surface area contributed by atoms with E-state index in [4.69, 9.17) is 4.74 Å². The molecule has 0 spiro atoms. The summed E-state index contributed by atoms with van der Waals surface area (Å²) in [6.07, 6.45) is 0.237. The van der Waals surface area contributed by atoms with Gasteiger partial charge in [0.2, 0.25) is 11.8 Å². The molecule has 1 atom stereocenters. The van der Waals surface area contributed by atoms with Crippen molar-refractivity contribution in [3.63, 3.8) is 0 Å². The predicted octanol–water partition coefficient (Wildman–Crippen LogP) is 3.41. The molecule has 3 rings (SSSR count). The van der Waals surface area contributed by atoms with E-state index in [0.29, 0.717) is 25.4 Å². The number of carbonyl (C=O) groups is 2. The number of benzene rings is 2. The predicted molar refractivity (Wildman–Crippen MR) is 106 cm³/mol. The molecule has 1 heterocycles. The van der Waals surface area contributed by atoms with Crippen LogP contribution in [0, 0.1) is 12.8 Å². The molecule has 0 bridgehead atoms. The first kappa shape index (κ1) is 19.0. The summed E-state index contributed by atoms with van der Waals surface area (Å²) in [5.41, 5.74) is 2.88. The van der Waals surface area contributed by atoms with E-state index in [9.17, 15) is 9.59 Å². The number of aryl methyl sites for hydroxylation is 1. The highest BCUT2D eigenvalue weighted by Crippen LogP contribution is 2.34. The standard InChI is InChI=1S/C22H26N2O3/c1-4-23(14-17-8-6-5-7-9-17)22(26)18-13-21(25)24(15-18)19-12-16(2)10-11-20(19)27-3/h5-12,18H,4,13-15H2,1-3H3. The molecule has 1 saturated heterocycles. The normalized spacial score (nSPS) is 16.5. The first-order valence-electron chi connectivity index (χ1n) is 9.31. The zero-order valence-electron chi connectivity index (χ0n) is 16.1. The van der Waals surface area contributed by atoms with Gasteiger partial charge in [-0.2, -0.15) is 0 Å². The summed E-state index contributed by atoms with van der Waals surface area (Å²) in [6.45, 7) is 5.52. The molecular weight excluding hydrogens is 340 g/mol. The van der Waals surface area contributed by atoms with Gasteiger partial charge in [-0.15, -0.1) is 0 Å². The molecule has 0 radical (unpaired) electrons. The molecule has 1 aliphatic heterocycles. The largest absolute Gasteiger partial charge is 0.495 e. The highest BCUT2D eigenvalue weighted by molar-refractivity contribution is 6.01. The summed E-state index contributed by atoms with van der Waals surface area (Å²) < 4.78 is 5.42. The number of hydrogen-bond donors (Lipinski definition) is 0. The van der Waals surface area contributed by atoms with Crippen LogP contribution in [0.5, 0.6) is 5.75 Å². The van der Waals surface area contributed by atoms with Gasteiger partial charge in [-0.25, -0.2) is 0 Å². The average molecular weight is 366 g/mol. The Bertz CT molecular complexity index is 820. The summed E-state index contributed by atoms with van der Waals surface area (Å²) >= 11 is 0. The zero-order valence-corrected chi connectivity index (χ0v) is 16.1. The quantitative estimate of drug-likeness (QED) is 0.787. The Morgan fingerprint density at radius 2 is 1.96 bits per heavy atom. The Hall–Kier alpha value is -2.82. The second kappa shape index (κ2) is 8.25. The minimum absolute atomic E-state index is 0.0313. The van der Waals surface area contributed by atoms with Crippen molar-refractivity contribution in [2.24, 2.45) is 5.92 Å². The molecule has 1 aliphatic rings. The molecule has 0 aromatic heterocycles. The van der Waals surface area contributed by atoms with Crippen LogP contribution in [0.15, 0.2) is 48.5 Å². The van der Waals surface area contributed by atoms with E-state index in [0.717, 1.165) is 16.8 Å². The summed E-state index contributed by atoms with van der Waals surface area (Å²) in [7, 11) is 1.59. The number of ether oxygens (including phenoxy) is 1. The average Bonchev–Trinajstić information content (AvgIpc) is 3.08. The maximum atomic E-state index is 13.0. The maximum absolute atomic E-state index is 13.0. The van der Waals surface area contributed by atoms with Crippen LogP contribution in [-0.4, -0.2) is 36.9 Å². The van der Waals surface area contributed by atoms with E-state index >= 15 is 0 Å². The summed E-state index contributed by atoms with van der Waals surface area (Å²) in [5, 5.41) is 0.